The first-order valence-electron chi connectivity index (χ1n) is 7.66. The van der Waals surface area contributed by atoms with Gasteiger partial charge in [-0.05, 0) is 18.9 Å². The lowest BCUT2D eigenvalue weighted by atomic mass is 9.98. The van der Waals surface area contributed by atoms with Crippen molar-refractivity contribution in [2.24, 2.45) is 0 Å². The number of aromatic nitrogens is 3. The lowest BCUT2D eigenvalue weighted by molar-refractivity contribution is -0.142. The second kappa shape index (κ2) is 6.95. The van der Waals surface area contributed by atoms with E-state index in [0.29, 0.717) is 25.1 Å². The molecule has 2 aromatic rings. The number of carbonyl (C=O) groups excluding carboxylic acids is 2. The Morgan fingerprint density at radius 3 is 2.88 bits per heavy atom. The van der Waals surface area contributed by atoms with Crippen LogP contribution in [0.2, 0.25) is 0 Å². The molecule has 1 fully saturated rings. The number of carbonyl (C=O) groups is 2. The summed E-state index contributed by atoms with van der Waals surface area (Å²) in [6, 6.07) is 0.850. The minimum Gasteiger partial charge on any atom is -0.340 e. The number of halogens is 3. The molecule has 134 valence electrons. The molecule has 0 spiro atoms. The van der Waals surface area contributed by atoms with Gasteiger partial charge in [0.05, 0.1) is 5.01 Å². The van der Waals surface area contributed by atoms with Gasteiger partial charge in [0.25, 0.3) is 0 Å². The van der Waals surface area contributed by atoms with Gasteiger partial charge in [-0.25, -0.2) is 4.98 Å². The normalized spacial score (nSPS) is 18.4. The molecule has 1 saturated heterocycles. The first-order chi connectivity index (χ1) is 11.9. The molecule has 0 aromatic carbocycles. The van der Waals surface area contributed by atoms with Gasteiger partial charge < -0.3 is 4.90 Å². The minimum atomic E-state index is -4.52. The Balaban J connectivity index is 1.63. The van der Waals surface area contributed by atoms with Gasteiger partial charge >= 0.3 is 6.18 Å². The summed E-state index contributed by atoms with van der Waals surface area (Å²) in [7, 11) is 0. The van der Waals surface area contributed by atoms with E-state index in [1.165, 1.54) is 11.3 Å². The molecule has 1 atom stereocenters. The molecule has 0 saturated carbocycles. The number of piperidine rings is 1. The maximum atomic E-state index is 12.6. The molecule has 0 aliphatic carbocycles. The van der Waals surface area contributed by atoms with Crippen molar-refractivity contribution in [3.05, 3.63) is 34.0 Å². The van der Waals surface area contributed by atoms with E-state index >= 15 is 0 Å². The average molecular weight is 372 g/mol. The predicted octanol–water partition coefficient (Wildman–Crippen LogP) is 2.58. The number of aldehydes is 1. The fourth-order valence-electron chi connectivity index (χ4n) is 2.79. The van der Waals surface area contributed by atoms with Crippen molar-refractivity contribution in [1.29, 1.82) is 0 Å². The van der Waals surface area contributed by atoms with Gasteiger partial charge in [-0.3, -0.25) is 14.3 Å². The van der Waals surface area contributed by atoms with Crippen molar-refractivity contribution < 1.29 is 22.8 Å². The molecule has 3 rings (SSSR count). The van der Waals surface area contributed by atoms with Crippen LogP contribution in [-0.2, 0) is 17.5 Å². The quantitative estimate of drug-likeness (QED) is 0.774. The molecule has 1 amide bonds. The highest BCUT2D eigenvalue weighted by Crippen LogP contribution is 2.29. The molecule has 6 nitrogen and oxygen atoms in total. The van der Waals surface area contributed by atoms with Crippen LogP contribution in [0, 0.1) is 0 Å². The van der Waals surface area contributed by atoms with Crippen LogP contribution in [0.3, 0.4) is 0 Å². The van der Waals surface area contributed by atoms with Gasteiger partial charge in [0, 0.05) is 30.6 Å². The number of nitrogens with zero attached hydrogens (tertiary/aromatic N) is 4. The number of hydrogen-bond donors (Lipinski definition) is 0. The minimum absolute atomic E-state index is 0.0414. The van der Waals surface area contributed by atoms with Crippen LogP contribution < -0.4 is 0 Å². The summed E-state index contributed by atoms with van der Waals surface area (Å²) in [5.41, 5.74) is -0.638. The zero-order chi connectivity index (χ0) is 18.0. The summed E-state index contributed by atoms with van der Waals surface area (Å²) in [5.74, 6) is -0.242. The SMILES string of the molecule is O=Cc1csc(C2CCCN(C(=O)Cn3ccc(C(F)(F)F)n3)C2)n1. The summed E-state index contributed by atoms with van der Waals surface area (Å²) in [6.45, 7) is 0.757. The molecule has 1 aliphatic rings. The summed E-state index contributed by atoms with van der Waals surface area (Å²) in [5, 5.41) is 5.88. The molecule has 0 bridgehead atoms. The van der Waals surface area contributed by atoms with E-state index in [0.717, 1.165) is 34.8 Å². The molecule has 25 heavy (non-hydrogen) atoms. The summed E-state index contributed by atoms with van der Waals surface area (Å²) >= 11 is 1.38. The van der Waals surface area contributed by atoms with Crippen molar-refractivity contribution in [1.82, 2.24) is 19.7 Å². The van der Waals surface area contributed by atoms with E-state index in [9.17, 15) is 22.8 Å². The first-order valence-corrected chi connectivity index (χ1v) is 8.54. The lowest BCUT2D eigenvalue weighted by Gasteiger charge is -2.31. The van der Waals surface area contributed by atoms with Crippen LogP contribution in [0.25, 0.3) is 0 Å². The molecular formula is C15H15F3N4O2S. The van der Waals surface area contributed by atoms with Crippen LogP contribution in [0.15, 0.2) is 17.6 Å². The second-order valence-electron chi connectivity index (χ2n) is 5.80. The molecule has 10 heteroatoms. The third-order valence-corrected chi connectivity index (χ3v) is 5.04. The first kappa shape index (κ1) is 17.6. The zero-order valence-electron chi connectivity index (χ0n) is 13.1. The number of amides is 1. The van der Waals surface area contributed by atoms with Crippen LogP contribution in [0.5, 0.6) is 0 Å². The molecule has 1 aliphatic heterocycles. The van der Waals surface area contributed by atoms with Crippen LogP contribution in [0.4, 0.5) is 13.2 Å². The monoisotopic (exact) mass is 372 g/mol. The Bertz CT molecular complexity index is 771. The fourth-order valence-corrected chi connectivity index (χ4v) is 3.68. The highest BCUT2D eigenvalue weighted by molar-refractivity contribution is 7.09. The number of rotatable bonds is 4. The van der Waals surface area contributed by atoms with Gasteiger partial charge in [0.1, 0.15) is 12.2 Å². The van der Waals surface area contributed by atoms with Crippen molar-refractivity contribution >= 4 is 23.5 Å². The average Bonchev–Trinajstić information content (AvgIpc) is 3.23. The van der Waals surface area contributed by atoms with E-state index in [2.05, 4.69) is 10.1 Å². The topological polar surface area (TPSA) is 68.1 Å². The Kier molecular flexibility index (Phi) is 4.89. The van der Waals surface area contributed by atoms with Gasteiger partial charge in [0.15, 0.2) is 12.0 Å². The Morgan fingerprint density at radius 2 is 2.24 bits per heavy atom. The van der Waals surface area contributed by atoms with Gasteiger partial charge in [-0.1, -0.05) is 0 Å². The van der Waals surface area contributed by atoms with E-state index in [-0.39, 0.29) is 18.4 Å². The molecule has 2 aromatic heterocycles. The number of hydrogen-bond acceptors (Lipinski definition) is 5. The number of alkyl halides is 3. The summed E-state index contributed by atoms with van der Waals surface area (Å²) in [4.78, 5) is 29.0. The Hall–Kier alpha value is -2.23. The Morgan fingerprint density at radius 1 is 1.44 bits per heavy atom. The molecule has 1 unspecified atom stereocenters. The van der Waals surface area contributed by atoms with Crippen LogP contribution in [0.1, 0.15) is 39.9 Å². The number of thiazole rings is 1. The second-order valence-corrected chi connectivity index (χ2v) is 6.69. The lowest BCUT2D eigenvalue weighted by Crippen LogP contribution is -2.41. The third-order valence-electron chi connectivity index (χ3n) is 4.01. The highest BCUT2D eigenvalue weighted by Gasteiger charge is 2.34. The summed E-state index contributed by atoms with van der Waals surface area (Å²) < 4.78 is 38.7. The number of likely N-dealkylation sites (tertiary alicyclic amines) is 1. The maximum Gasteiger partial charge on any atom is 0.435 e. The molecule has 0 radical (unpaired) electrons. The Labute approximate surface area is 145 Å². The van der Waals surface area contributed by atoms with E-state index in [1.54, 1.807) is 10.3 Å². The predicted molar refractivity (Wildman–Crippen MR) is 83.3 cm³/mol. The van der Waals surface area contributed by atoms with Crippen LogP contribution in [-0.4, -0.2) is 44.9 Å². The van der Waals surface area contributed by atoms with Gasteiger partial charge in [-0.15, -0.1) is 11.3 Å². The van der Waals surface area contributed by atoms with Gasteiger partial charge in [-0.2, -0.15) is 18.3 Å². The molecule has 3 heterocycles. The van der Waals surface area contributed by atoms with Crippen molar-refractivity contribution in [2.75, 3.05) is 13.1 Å². The van der Waals surface area contributed by atoms with Crippen LogP contribution >= 0.6 is 11.3 Å². The van der Waals surface area contributed by atoms with E-state index < -0.39 is 11.9 Å². The highest BCUT2D eigenvalue weighted by atomic mass is 32.1. The van der Waals surface area contributed by atoms with Crippen molar-refractivity contribution in [2.45, 2.75) is 31.5 Å². The fraction of sp³-hybridized carbons (Fsp3) is 0.467. The van der Waals surface area contributed by atoms with E-state index in [1.807, 2.05) is 0 Å². The van der Waals surface area contributed by atoms with Crippen molar-refractivity contribution in [3.63, 3.8) is 0 Å². The zero-order valence-corrected chi connectivity index (χ0v) is 13.9. The molecular weight excluding hydrogens is 357 g/mol. The largest absolute Gasteiger partial charge is 0.435 e. The van der Waals surface area contributed by atoms with Crippen molar-refractivity contribution in [3.8, 4) is 0 Å². The smallest absolute Gasteiger partial charge is 0.340 e. The standard InChI is InChI=1S/C15H15F3N4O2S/c16-15(17,18)12-3-5-22(20-12)7-13(24)21-4-1-2-10(6-21)14-19-11(8-23)9-25-14/h3,5,8-10H,1-2,4,6-7H2. The maximum absolute atomic E-state index is 12.6. The van der Waals surface area contributed by atoms with E-state index in [4.69, 9.17) is 0 Å². The molecule has 0 N–H and O–H groups in total. The third kappa shape index (κ3) is 4.06. The van der Waals surface area contributed by atoms with Gasteiger partial charge in [0.2, 0.25) is 5.91 Å². The summed E-state index contributed by atoms with van der Waals surface area (Å²) in [6.07, 6.45) is -1.05.